The highest BCUT2D eigenvalue weighted by Gasteiger charge is 2.34. The molecule has 2 aliphatic heterocycles. The van der Waals surface area contributed by atoms with Crippen LogP contribution in [0.2, 0.25) is 5.02 Å². The molecular formula is C17H16ClNOS. The van der Waals surface area contributed by atoms with Gasteiger partial charge in [0.05, 0.1) is 17.5 Å². The molecule has 108 valence electrons. The first-order valence-corrected chi connectivity index (χ1v) is 8.47. The molecule has 1 atom stereocenters. The summed E-state index contributed by atoms with van der Waals surface area (Å²) in [5.41, 5.74) is 3.69. The second kappa shape index (κ2) is 5.24. The lowest BCUT2D eigenvalue weighted by molar-refractivity contribution is 0.0553. The van der Waals surface area contributed by atoms with E-state index >= 15 is 0 Å². The highest BCUT2D eigenvalue weighted by atomic mass is 35.5. The van der Waals surface area contributed by atoms with Gasteiger partial charge in [0, 0.05) is 33.5 Å². The fraction of sp³-hybridized carbons (Fsp3) is 0.294. The SMILES string of the molecule is CCOC1CCN2c3ccccc3Sc3ccc(Cl)c1c32. The normalized spacial score (nSPS) is 19.1. The van der Waals surface area contributed by atoms with Crippen molar-refractivity contribution in [3.05, 3.63) is 47.0 Å². The fourth-order valence-corrected chi connectivity index (χ4v) is 4.62. The number of para-hydroxylation sites is 1. The molecule has 0 amide bonds. The van der Waals surface area contributed by atoms with Gasteiger partial charge in [-0.25, -0.2) is 0 Å². The van der Waals surface area contributed by atoms with E-state index < -0.39 is 0 Å². The summed E-state index contributed by atoms with van der Waals surface area (Å²) in [4.78, 5) is 4.99. The highest BCUT2D eigenvalue weighted by molar-refractivity contribution is 7.99. The van der Waals surface area contributed by atoms with E-state index in [1.165, 1.54) is 21.2 Å². The van der Waals surface area contributed by atoms with Crippen LogP contribution in [0.25, 0.3) is 0 Å². The monoisotopic (exact) mass is 317 g/mol. The van der Waals surface area contributed by atoms with Gasteiger partial charge in [-0.15, -0.1) is 0 Å². The Hall–Kier alpha value is -1.16. The van der Waals surface area contributed by atoms with Gasteiger partial charge in [-0.05, 0) is 37.6 Å². The third kappa shape index (κ3) is 2.07. The van der Waals surface area contributed by atoms with Crippen molar-refractivity contribution >= 4 is 34.7 Å². The largest absolute Gasteiger partial charge is 0.374 e. The van der Waals surface area contributed by atoms with Crippen LogP contribution in [0.5, 0.6) is 0 Å². The van der Waals surface area contributed by atoms with Crippen LogP contribution < -0.4 is 4.90 Å². The highest BCUT2D eigenvalue weighted by Crippen LogP contribution is 2.54. The summed E-state index contributed by atoms with van der Waals surface area (Å²) in [6.07, 6.45) is 1.09. The minimum Gasteiger partial charge on any atom is -0.374 e. The first-order chi connectivity index (χ1) is 10.3. The zero-order valence-corrected chi connectivity index (χ0v) is 13.4. The average Bonchev–Trinajstić information content (AvgIpc) is 2.52. The van der Waals surface area contributed by atoms with E-state index in [-0.39, 0.29) is 6.10 Å². The molecule has 0 N–H and O–H groups in total. The van der Waals surface area contributed by atoms with Gasteiger partial charge in [-0.2, -0.15) is 0 Å². The average molecular weight is 318 g/mol. The van der Waals surface area contributed by atoms with Crippen LogP contribution in [0.3, 0.4) is 0 Å². The molecule has 2 aromatic carbocycles. The van der Waals surface area contributed by atoms with Gasteiger partial charge in [0.25, 0.3) is 0 Å². The Balaban J connectivity index is 1.91. The Morgan fingerprint density at radius 3 is 2.95 bits per heavy atom. The maximum absolute atomic E-state index is 6.50. The molecule has 4 rings (SSSR count). The maximum atomic E-state index is 6.50. The molecule has 4 heteroatoms. The van der Waals surface area contributed by atoms with Crippen LogP contribution in [0.1, 0.15) is 25.0 Å². The molecule has 2 heterocycles. The van der Waals surface area contributed by atoms with Gasteiger partial charge in [0.15, 0.2) is 0 Å². The molecule has 2 nitrogen and oxygen atoms in total. The van der Waals surface area contributed by atoms with E-state index in [2.05, 4.69) is 35.2 Å². The Kier molecular flexibility index (Phi) is 3.37. The smallest absolute Gasteiger partial charge is 0.0877 e. The molecule has 0 aliphatic carbocycles. The number of ether oxygens (including phenoxy) is 1. The molecule has 0 fully saturated rings. The number of halogens is 1. The van der Waals surface area contributed by atoms with Crippen LogP contribution in [-0.4, -0.2) is 13.2 Å². The Labute approximate surface area is 134 Å². The van der Waals surface area contributed by atoms with Crippen molar-refractivity contribution in [2.75, 3.05) is 18.1 Å². The Morgan fingerprint density at radius 2 is 2.10 bits per heavy atom. The third-order valence-corrected chi connectivity index (χ3v) is 5.52. The molecule has 0 aromatic heterocycles. The minimum atomic E-state index is 0.111. The van der Waals surface area contributed by atoms with Gasteiger partial charge < -0.3 is 9.64 Å². The van der Waals surface area contributed by atoms with Crippen LogP contribution >= 0.6 is 23.4 Å². The topological polar surface area (TPSA) is 12.5 Å². The molecular weight excluding hydrogens is 302 g/mol. The van der Waals surface area contributed by atoms with Crippen LogP contribution in [0.15, 0.2) is 46.2 Å². The summed E-state index contributed by atoms with van der Waals surface area (Å²) in [5.74, 6) is 0. The zero-order valence-electron chi connectivity index (χ0n) is 11.8. The quantitative estimate of drug-likeness (QED) is 0.733. The van der Waals surface area contributed by atoms with Crippen molar-refractivity contribution in [1.29, 1.82) is 0 Å². The first-order valence-electron chi connectivity index (χ1n) is 7.28. The van der Waals surface area contributed by atoms with Crippen LogP contribution in [0, 0.1) is 0 Å². The van der Waals surface area contributed by atoms with Crippen molar-refractivity contribution in [1.82, 2.24) is 0 Å². The summed E-state index contributed by atoms with van der Waals surface area (Å²) in [7, 11) is 0. The van der Waals surface area contributed by atoms with Gasteiger partial charge in [-0.1, -0.05) is 35.5 Å². The van der Waals surface area contributed by atoms with E-state index in [4.69, 9.17) is 16.3 Å². The molecule has 0 bridgehead atoms. The molecule has 21 heavy (non-hydrogen) atoms. The summed E-state index contributed by atoms with van der Waals surface area (Å²) >= 11 is 8.32. The maximum Gasteiger partial charge on any atom is 0.0877 e. The van der Waals surface area contributed by atoms with Crippen molar-refractivity contribution in [3.8, 4) is 0 Å². The molecule has 2 aromatic rings. The Morgan fingerprint density at radius 1 is 1.24 bits per heavy atom. The van der Waals surface area contributed by atoms with Gasteiger partial charge in [0.1, 0.15) is 0 Å². The van der Waals surface area contributed by atoms with Crippen molar-refractivity contribution in [3.63, 3.8) is 0 Å². The standard InChI is InChI=1S/C17H16ClNOS/c1-2-20-13-9-10-19-12-5-3-4-6-14(12)21-15-8-7-11(18)16(13)17(15)19/h3-8,13H,2,9-10H2,1H3. The molecule has 0 spiro atoms. The second-order valence-electron chi connectivity index (χ2n) is 5.26. The van der Waals surface area contributed by atoms with E-state index in [9.17, 15) is 0 Å². The third-order valence-electron chi connectivity index (χ3n) is 4.08. The first kappa shape index (κ1) is 13.5. The van der Waals surface area contributed by atoms with Gasteiger partial charge in [-0.3, -0.25) is 0 Å². The number of hydrogen-bond acceptors (Lipinski definition) is 3. The number of hydrogen-bond donors (Lipinski definition) is 0. The number of fused-ring (bicyclic) bond motifs is 2. The molecule has 2 aliphatic rings. The summed E-state index contributed by atoms with van der Waals surface area (Å²) in [5, 5.41) is 0.817. The van der Waals surface area contributed by atoms with Crippen molar-refractivity contribution < 1.29 is 4.74 Å². The number of rotatable bonds is 2. The second-order valence-corrected chi connectivity index (χ2v) is 6.75. The number of nitrogens with zero attached hydrogens (tertiary/aromatic N) is 1. The van der Waals surface area contributed by atoms with E-state index in [1.54, 1.807) is 0 Å². The predicted octanol–water partition coefficient (Wildman–Crippen LogP) is 5.42. The van der Waals surface area contributed by atoms with E-state index in [0.29, 0.717) is 6.61 Å². The molecule has 0 radical (unpaired) electrons. The zero-order chi connectivity index (χ0) is 14.4. The molecule has 0 saturated carbocycles. The number of anilines is 2. The predicted molar refractivity (Wildman–Crippen MR) is 88.0 cm³/mol. The summed E-state index contributed by atoms with van der Waals surface area (Å²) in [6, 6.07) is 12.7. The van der Waals surface area contributed by atoms with Crippen molar-refractivity contribution in [2.45, 2.75) is 29.2 Å². The van der Waals surface area contributed by atoms with Gasteiger partial charge in [0.2, 0.25) is 0 Å². The van der Waals surface area contributed by atoms with Crippen LogP contribution in [-0.2, 0) is 4.74 Å². The minimum absolute atomic E-state index is 0.111. The van der Waals surface area contributed by atoms with E-state index in [0.717, 1.165) is 23.6 Å². The van der Waals surface area contributed by atoms with Crippen LogP contribution in [0.4, 0.5) is 11.4 Å². The van der Waals surface area contributed by atoms with E-state index in [1.807, 2.05) is 24.8 Å². The summed E-state index contributed by atoms with van der Waals surface area (Å²) in [6.45, 7) is 3.73. The number of benzene rings is 2. The van der Waals surface area contributed by atoms with Crippen molar-refractivity contribution in [2.24, 2.45) is 0 Å². The van der Waals surface area contributed by atoms with Gasteiger partial charge >= 0.3 is 0 Å². The lowest BCUT2D eigenvalue weighted by Gasteiger charge is -2.40. The Bertz CT molecular complexity index is 703. The lowest BCUT2D eigenvalue weighted by Crippen LogP contribution is -2.30. The summed E-state index contributed by atoms with van der Waals surface area (Å²) < 4.78 is 5.93. The fourth-order valence-electron chi connectivity index (χ4n) is 3.23. The lowest BCUT2D eigenvalue weighted by atomic mass is 9.97. The molecule has 1 unspecified atom stereocenters. The molecule has 0 saturated heterocycles.